The molecule has 5 heteroatoms. The zero-order chi connectivity index (χ0) is 12.7. The number of imidazole rings is 1. The van der Waals surface area contributed by atoms with Crippen molar-refractivity contribution in [3.8, 4) is 5.69 Å². The van der Waals surface area contributed by atoms with E-state index in [1.165, 1.54) is 23.2 Å². The standard InChI is InChI=1S/C14H14N4S/c1-2-11(16-5-1)13-7-15-8-18(13)10-3-4-12-14(6-10)19-9-17-12/h3-4,6-9,11,16H,1-2,5H2/t11-/m0/s1. The highest BCUT2D eigenvalue weighted by atomic mass is 32.1. The van der Waals surface area contributed by atoms with Crippen LogP contribution in [0.25, 0.3) is 15.9 Å². The molecule has 0 bridgehead atoms. The molecule has 1 atom stereocenters. The van der Waals surface area contributed by atoms with Crippen LogP contribution in [0.1, 0.15) is 24.6 Å². The number of fused-ring (bicyclic) bond motifs is 1. The summed E-state index contributed by atoms with van der Waals surface area (Å²) < 4.78 is 3.40. The van der Waals surface area contributed by atoms with E-state index in [1.54, 1.807) is 11.3 Å². The summed E-state index contributed by atoms with van der Waals surface area (Å²) in [6, 6.07) is 6.81. The monoisotopic (exact) mass is 270 g/mol. The van der Waals surface area contributed by atoms with Gasteiger partial charge in [-0.1, -0.05) is 0 Å². The summed E-state index contributed by atoms with van der Waals surface area (Å²) in [7, 11) is 0. The maximum atomic E-state index is 4.32. The highest BCUT2D eigenvalue weighted by molar-refractivity contribution is 7.16. The number of nitrogens with one attached hydrogen (secondary N) is 1. The van der Waals surface area contributed by atoms with E-state index in [0.717, 1.165) is 17.7 Å². The third-order valence-corrected chi connectivity index (χ3v) is 4.47. The number of aromatic nitrogens is 3. The highest BCUT2D eigenvalue weighted by Gasteiger charge is 2.20. The van der Waals surface area contributed by atoms with Crippen molar-refractivity contribution in [2.24, 2.45) is 0 Å². The van der Waals surface area contributed by atoms with E-state index in [2.05, 4.69) is 38.1 Å². The molecule has 0 aliphatic carbocycles. The Balaban J connectivity index is 1.80. The molecule has 0 radical (unpaired) electrons. The minimum atomic E-state index is 0.430. The number of benzene rings is 1. The SMILES string of the molecule is c1nc2ccc(-n3cncc3[C@@H]3CCCN3)cc2s1. The van der Waals surface area contributed by atoms with E-state index in [-0.39, 0.29) is 0 Å². The first-order chi connectivity index (χ1) is 9.42. The van der Waals surface area contributed by atoms with Crippen molar-refractivity contribution in [2.45, 2.75) is 18.9 Å². The first-order valence-electron chi connectivity index (χ1n) is 6.51. The summed E-state index contributed by atoms with van der Waals surface area (Å²) in [5, 5.41) is 3.53. The fourth-order valence-corrected chi connectivity index (χ4v) is 3.42. The van der Waals surface area contributed by atoms with Gasteiger partial charge in [-0.3, -0.25) is 0 Å². The van der Waals surface area contributed by atoms with Crippen molar-refractivity contribution in [2.75, 3.05) is 6.54 Å². The van der Waals surface area contributed by atoms with Gasteiger partial charge < -0.3 is 9.88 Å². The Bertz CT molecular complexity index is 709. The lowest BCUT2D eigenvalue weighted by atomic mass is 10.1. The third kappa shape index (κ3) is 1.86. The Morgan fingerprint density at radius 3 is 3.26 bits per heavy atom. The average Bonchev–Trinajstić information content (AvgIpc) is 3.18. The fourth-order valence-electron chi connectivity index (χ4n) is 2.71. The first kappa shape index (κ1) is 11.1. The zero-order valence-corrected chi connectivity index (χ0v) is 11.2. The predicted octanol–water partition coefficient (Wildman–Crippen LogP) is 2.91. The Hall–Kier alpha value is -1.72. The van der Waals surface area contributed by atoms with Gasteiger partial charge in [-0.15, -0.1) is 11.3 Å². The molecule has 1 aliphatic rings. The molecule has 0 saturated carbocycles. The van der Waals surface area contributed by atoms with Crippen LogP contribution in [0.3, 0.4) is 0 Å². The Morgan fingerprint density at radius 1 is 1.37 bits per heavy atom. The molecule has 4 nitrogen and oxygen atoms in total. The van der Waals surface area contributed by atoms with E-state index in [0.29, 0.717) is 6.04 Å². The van der Waals surface area contributed by atoms with E-state index < -0.39 is 0 Å². The molecule has 1 aromatic carbocycles. The predicted molar refractivity (Wildman–Crippen MR) is 76.7 cm³/mol. The highest BCUT2D eigenvalue weighted by Crippen LogP contribution is 2.27. The Labute approximate surface area is 115 Å². The molecule has 1 N–H and O–H groups in total. The largest absolute Gasteiger partial charge is 0.309 e. The molecular weight excluding hydrogens is 256 g/mol. The number of thiazole rings is 1. The number of hydrogen-bond donors (Lipinski definition) is 1. The summed E-state index contributed by atoms with van der Waals surface area (Å²) in [6.45, 7) is 1.10. The second kappa shape index (κ2) is 4.43. The first-order valence-corrected chi connectivity index (χ1v) is 7.39. The van der Waals surface area contributed by atoms with E-state index in [9.17, 15) is 0 Å². The van der Waals surface area contributed by atoms with Gasteiger partial charge in [0.1, 0.15) is 0 Å². The van der Waals surface area contributed by atoms with Gasteiger partial charge in [0.25, 0.3) is 0 Å². The summed E-state index contributed by atoms with van der Waals surface area (Å²) in [4.78, 5) is 8.64. The summed E-state index contributed by atoms with van der Waals surface area (Å²) in [5.74, 6) is 0. The normalized spacial score (nSPS) is 19.3. The molecule has 3 aromatic rings. The summed E-state index contributed by atoms with van der Waals surface area (Å²) >= 11 is 1.68. The van der Waals surface area contributed by atoms with Crippen molar-refractivity contribution in [3.63, 3.8) is 0 Å². The third-order valence-electron chi connectivity index (χ3n) is 3.68. The molecule has 96 valence electrons. The molecule has 19 heavy (non-hydrogen) atoms. The van der Waals surface area contributed by atoms with Crippen LogP contribution >= 0.6 is 11.3 Å². The van der Waals surface area contributed by atoms with Crippen LogP contribution < -0.4 is 5.32 Å². The van der Waals surface area contributed by atoms with Gasteiger partial charge >= 0.3 is 0 Å². The van der Waals surface area contributed by atoms with Crippen molar-refractivity contribution in [1.29, 1.82) is 0 Å². The Kier molecular flexibility index (Phi) is 2.60. The average molecular weight is 270 g/mol. The second-order valence-corrected chi connectivity index (χ2v) is 5.73. The molecule has 0 amide bonds. The molecule has 2 aromatic heterocycles. The van der Waals surface area contributed by atoms with Gasteiger partial charge in [-0.25, -0.2) is 9.97 Å². The van der Waals surface area contributed by atoms with Gasteiger partial charge in [0, 0.05) is 11.7 Å². The number of rotatable bonds is 2. The van der Waals surface area contributed by atoms with Crippen LogP contribution in [-0.2, 0) is 0 Å². The lowest BCUT2D eigenvalue weighted by Crippen LogP contribution is -2.16. The lowest BCUT2D eigenvalue weighted by molar-refractivity contribution is 0.615. The Morgan fingerprint density at radius 2 is 2.37 bits per heavy atom. The fraction of sp³-hybridized carbons (Fsp3) is 0.286. The van der Waals surface area contributed by atoms with Crippen molar-refractivity contribution in [1.82, 2.24) is 19.9 Å². The second-order valence-electron chi connectivity index (χ2n) is 4.84. The molecule has 1 fully saturated rings. The number of hydrogen-bond acceptors (Lipinski definition) is 4. The number of nitrogens with zero attached hydrogens (tertiary/aromatic N) is 3. The minimum absolute atomic E-state index is 0.430. The van der Waals surface area contributed by atoms with Crippen LogP contribution in [0, 0.1) is 0 Å². The summed E-state index contributed by atoms with van der Waals surface area (Å²) in [6.07, 6.45) is 6.30. The van der Waals surface area contributed by atoms with Crippen molar-refractivity contribution < 1.29 is 0 Å². The van der Waals surface area contributed by atoms with E-state index >= 15 is 0 Å². The maximum absolute atomic E-state index is 4.32. The maximum Gasteiger partial charge on any atom is 0.0994 e. The van der Waals surface area contributed by atoms with Crippen LogP contribution in [0.15, 0.2) is 36.2 Å². The van der Waals surface area contributed by atoms with Crippen molar-refractivity contribution in [3.05, 3.63) is 41.9 Å². The molecule has 1 aliphatic heterocycles. The van der Waals surface area contributed by atoms with Gasteiger partial charge in [0.15, 0.2) is 0 Å². The molecule has 0 unspecified atom stereocenters. The van der Waals surface area contributed by atoms with Crippen LogP contribution in [-0.4, -0.2) is 21.1 Å². The smallest absolute Gasteiger partial charge is 0.0994 e. The van der Waals surface area contributed by atoms with Crippen LogP contribution in [0.2, 0.25) is 0 Å². The van der Waals surface area contributed by atoms with E-state index in [4.69, 9.17) is 0 Å². The van der Waals surface area contributed by atoms with Gasteiger partial charge in [-0.2, -0.15) is 0 Å². The van der Waals surface area contributed by atoms with Gasteiger partial charge in [0.05, 0.1) is 33.9 Å². The molecule has 0 spiro atoms. The van der Waals surface area contributed by atoms with Gasteiger partial charge in [0.2, 0.25) is 0 Å². The molecular formula is C14H14N4S. The zero-order valence-electron chi connectivity index (χ0n) is 10.4. The quantitative estimate of drug-likeness (QED) is 0.778. The molecule has 3 heterocycles. The van der Waals surface area contributed by atoms with Crippen LogP contribution in [0.5, 0.6) is 0 Å². The van der Waals surface area contributed by atoms with Crippen LogP contribution in [0.4, 0.5) is 0 Å². The minimum Gasteiger partial charge on any atom is -0.309 e. The molecule has 1 saturated heterocycles. The summed E-state index contributed by atoms with van der Waals surface area (Å²) in [5.41, 5.74) is 5.37. The topological polar surface area (TPSA) is 42.7 Å². The van der Waals surface area contributed by atoms with Gasteiger partial charge in [-0.05, 0) is 37.6 Å². The van der Waals surface area contributed by atoms with E-state index in [1.807, 2.05) is 18.0 Å². The lowest BCUT2D eigenvalue weighted by Gasteiger charge is -2.13. The molecule has 4 rings (SSSR count). The van der Waals surface area contributed by atoms with Crippen molar-refractivity contribution >= 4 is 21.6 Å².